The Kier molecular flexibility index (Phi) is 5.62. The molecule has 2 aromatic rings. The zero-order valence-electron chi connectivity index (χ0n) is 14.2. The van der Waals surface area contributed by atoms with Crippen LogP contribution in [0.2, 0.25) is 5.02 Å². The van der Waals surface area contributed by atoms with E-state index in [1.165, 1.54) is 16.4 Å². The van der Waals surface area contributed by atoms with Crippen molar-refractivity contribution in [1.82, 2.24) is 4.31 Å². The van der Waals surface area contributed by atoms with E-state index in [-0.39, 0.29) is 10.8 Å². The Balaban J connectivity index is 1.74. The predicted molar refractivity (Wildman–Crippen MR) is 100 cm³/mol. The summed E-state index contributed by atoms with van der Waals surface area (Å²) in [7, 11) is -3.55. The summed E-state index contributed by atoms with van der Waals surface area (Å²) in [5.41, 5.74) is 1.82. The number of hydrogen-bond acceptors (Lipinski definition) is 4. The number of rotatable bonds is 4. The predicted octanol–water partition coefficient (Wildman–Crippen LogP) is 2.92. The van der Waals surface area contributed by atoms with Gasteiger partial charge in [0.2, 0.25) is 10.0 Å². The highest BCUT2D eigenvalue weighted by atomic mass is 35.5. The molecule has 0 saturated carbocycles. The summed E-state index contributed by atoms with van der Waals surface area (Å²) in [5, 5.41) is 3.09. The molecule has 8 heteroatoms. The van der Waals surface area contributed by atoms with Crippen molar-refractivity contribution in [2.75, 3.05) is 31.6 Å². The molecule has 3 rings (SSSR count). The molecule has 1 saturated heterocycles. The fraction of sp³-hybridized carbons (Fsp3) is 0.278. The van der Waals surface area contributed by atoms with Gasteiger partial charge in [0.15, 0.2) is 0 Å². The van der Waals surface area contributed by atoms with Crippen LogP contribution in [0.5, 0.6) is 0 Å². The Morgan fingerprint density at radius 2 is 1.77 bits per heavy atom. The molecule has 26 heavy (non-hydrogen) atoms. The number of nitrogens with one attached hydrogen (secondary N) is 1. The molecular weight excluding hydrogens is 376 g/mol. The monoisotopic (exact) mass is 394 g/mol. The van der Waals surface area contributed by atoms with E-state index in [0.29, 0.717) is 42.6 Å². The number of halogens is 1. The molecule has 6 nitrogen and oxygen atoms in total. The minimum atomic E-state index is -3.55. The fourth-order valence-corrected chi connectivity index (χ4v) is 4.38. The van der Waals surface area contributed by atoms with Gasteiger partial charge in [-0.25, -0.2) is 8.42 Å². The molecule has 138 valence electrons. The lowest BCUT2D eigenvalue weighted by molar-refractivity contribution is 0.0730. The lowest BCUT2D eigenvalue weighted by Crippen LogP contribution is -2.40. The highest BCUT2D eigenvalue weighted by molar-refractivity contribution is 7.89. The van der Waals surface area contributed by atoms with Crippen LogP contribution in [0.15, 0.2) is 47.4 Å². The molecular formula is C18H19ClN2O4S. The number of amides is 1. The molecule has 0 aliphatic carbocycles. The Morgan fingerprint density at radius 3 is 2.38 bits per heavy atom. The van der Waals surface area contributed by atoms with Gasteiger partial charge >= 0.3 is 0 Å². The van der Waals surface area contributed by atoms with Gasteiger partial charge in [0.05, 0.1) is 28.7 Å². The van der Waals surface area contributed by atoms with E-state index < -0.39 is 10.0 Å². The number of hydrogen-bond donors (Lipinski definition) is 1. The number of benzene rings is 2. The van der Waals surface area contributed by atoms with Gasteiger partial charge in [-0.2, -0.15) is 4.31 Å². The number of sulfonamides is 1. The Bertz CT molecular complexity index is 907. The van der Waals surface area contributed by atoms with Gasteiger partial charge in [-0.3, -0.25) is 4.79 Å². The number of ether oxygens (including phenoxy) is 1. The average Bonchev–Trinajstić information content (AvgIpc) is 2.63. The largest absolute Gasteiger partial charge is 0.379 e. The van der Waals surface area contributed by atoms with E-state index in [1.54, 1.807) is 30.3 Å². The third-order valence-corrected chi connectivity index (χ3v) is 6.31. The van der Waals surface area contributed by atoms with Gasteiger partial charge in [0.1, 0.15) is 0 Å². The maximum atomic E-state index is 12.6. The number of aryl methyl sites for hydroxylation is 1. The topological polar surface area (TPSA) is 75.7 Å². The van der Waals surface area contributed by atoms with Crippen LogP contribution in [0.1, 0.15) is 15.9 Å². The van der Waals surface area contributed by atoms with Crippen molar-refractivity contribution in [2.45, 2.75) is 11.8 Å². The first-order valence-electron chi connectivity index (χ1n) is 8.13. The van der Waals surface area contributed by atoms with Gasteiger partial charge in [0.25, 0.3) is 5.91 Å². The summed E-state index contributed by atoms with van der Waals surface area (Å²) in [6, 6.07) is 11.3. The molecule has 0 unspecified atom stereocenters. The van der Waals surface area contributed by atoms with E-state index in [9.17, 15) is 13.2 Å². The van der Waals surface area contributed by atoms with Crippen LogP contribution < -0.4 is 5.32 Å². The third-order valence-electron chi connectivity index (χ3n) is 4.09. The molecule has 2 aromatic carbocycles. The maximum Gasteiger partial charge on any atom is 0.257 e. The quantitative estimate of drug-likeness (QED) is 0.865. The third kappa shape index (κ3) is 4.07. The van der Waals surface area contributed by atoms with Crippen molar-refractivity contribution in [2.24, 2.45) is 0 Å². The van der Waals surface area contributed by atoms with E-state index in [2.05, 4.69) is 5.32 Å². The van der Waals surface area contributed by atoms with Crippen molar-refractivity contribution >= 4 is 33.2 Å². The van der Waals surface area contributed by atoms with Gasteiger partial charge < -0.3 is 10.1 Å². The molecule has 1 N–H and O–H groups in total. The Hall–Kier alpha value is -1.93. The number of morpholine rings is 1. The molecule has 1 heterocycles. The highest BCUT2D eigenvalue weighted by Crippen LogP contribution is 2.22. The number of nitrogens with zero attached hydrogens (tertiary/aromatic N) is 1. The van der Waals surface area contributed by atoms with Crippen molar-refractivity contribution in [3.8, 4) is 0 Å². The molecule has 0 bridgehead atoms. The SMILES string of the molecule is Cc1ccc(C(=O)Nc2ccc(S(=O)(=O)N3CCOCC3)cc2)c(Cl)c1. The van der Waals surface area contributed by atoms with Gasteiger partial charge in [0, 0.05) is 18.8 Å². The molecule has 0 spiro atoms. The fourth-order valence-electron chi connectivity index (χ4n) is 2.65. The van der Waals surface area contributed by atoms with Crippen LogP contribution >= 0.6 is 11.6 Å². The summed E-state index contributed by atoms with van der Waals surface area (Å²) in [6.07, 6.45) is 0. The molecule has 0 aromatic heterocycles. The number of anilines is 1. The standard InChI is InChI=1S/C18H19ClN2O4S/c1-13-2-7-16(17(19)12-13)18(22)20-14-3-5-15(6-4-14)26(23,24)21-8-10-25-11-9-21/h2-7,12H,8-11H2,1H3,(H,20,22). The summed E-state index contributed by atoms with van der Waals surface area (Å²) in [6.45, 7) is 3.36. The first-order valence-corrected chi connectivity index (χ1v) is 9.95. The minimum absolute atomic E-state index is 0.186. The summed E-state index contributed by atoms with van der Waals surface area (Å²) in [5.74, 6) is -0.348. The van der Waals surface area contributed by atoms with Crippen LogP contribution in [-0.2, 0) is 14.8 Å². The number of carbonyl (C=O) groups is 1. The van der Waals surface area contributed by atoms with E-state index in [1.807, 2.05) is 6.92 Å². The van der Waals surface area contributed by atoms with Crippen LogP contribution in [0.4, 0.5) is 5.69 Å². The van der Waals surface area contributed by atoms with Crippen LogP contribution in [0.25, 0.3) is 0 Å². The van der Waals surface area contributed by atoms with Crippen molar-refractivity contribution in [1.29, 1.82) is 0 Å². The van der Waals surface area contributed by atoms with Crippen molar-refractivity contribution in [3.05, 3.63) is 58.6 Å². The second-order valence-electron chi connectivity index (χ2n) is 5.98. The Morgan fingerprint density at radius 1 is 1.12 bits per heavy atom. The molecule has 1 fully saturated rings. The zero-order valence-corrected chi connectivity index (χ0v) is 15.8. The van der Waals surface area contributed by atoms with E-state index in [4.69, 9.17) is 16.3 Å². The van der Waals surface area contributed by atoms with Gasteiger partial charge in [-0.1, -0.05) is 17.7 Å². The lowest BCUT2D eigenvalue weighted by Gasteiger charge is -2.26. The van der Waals surface area contributed by atoms with Crippen LogP contribution in [0.3, 0.4) is 0 Å². The zero-order chi connectivity index (χ0) is 18.7. The smallest absolute Gasteiger partial charge is 0.257 e. The van der Waals surface area contributed by atoms with E-state index >= 15 is 0 Å². The lowest BCUT2D eigenvalue weighted by atomic mass is 10.1. The summed E-state index contributed by atoms with van der Waals surface area (Å²) >= 11 is 6.11. The van der Waals surface area contributed by atoms with Crippen molar-refractivity contribution < 1.29 is 17.9 Å². The Labute approximate surface area is 157 Å². The van der Waals surface area contributed by atoms with Gasteiger partial charge in [-0.05, 0) is 48.9 Å². The summed E-state index contributed by atoms with van der Waals surface area (Å²) < 4.78 is 31.8. The second kappa shape index (κ2) is 7.75. The van der Waals surface area contributed by atoms with E-state index in [0.717, 1.165) is 5.56 Å². The van der Waals surface area contributed by atoms with Gasteiger partial charge in [-0.15, -0.1) is 0 Å². The molecule has 1 amide bonds. The van der Waals surface area contributed by atoms with Crippen LogP contribution in [-0.4, -0.2) is 44.9 Å². The summed E-state index contributed by atoms with van der Waals surface area (Å²) in [4.78, 5) is 12.5. The second-order valence-corrected chi connectivity index (χ2v) is 8.32. The molecule has 0 atom stereocenters. The average molecular weight is 395 g/mol. The molecule has 1 aliphatic rings. The molecule has 0 radical (unpaired) electrons. The van der Waals surface area contributed by atoms with Crippen LogP contribution in [0, 0.1) is 6.92 Å². The molecule has 1 aliphatic heterocycles. The highest BCUT2D eigenvalue weighted by Gasteiger charge is 2.26. The normalized spacial score (nSPS) is 15.6. The maximum absolute atomic E-state index is 12.6. The minimum Gasteiger partial charge on any atom is -0.379 e. The first kappa shape index (κ1) is 18.8. The van der Waals surface area contributed by atoms with Crippen molar-refractivity contribution in [3.63, 3.8) is 0 Å². The number of carbonyl (C=O) groups excluding carboxylic acids is 1. The first-order chi connectivity index (χ1) is 12.4.